The molecule has 0 aliphatic carbocycles. The molecule has 1 unspecified atom stereocenters. The highest BCUT2D eigenvalue weighted by Gasteiger charge is 2.21. The molecule has 0 saturated carbocycles. The second-order valence-corrected chi connectivity index (χ2v) is 4.42. The third-order valence-corrected chi connectivity index (χ3v) is 2.97. The number of nitro benzene ring substituents is 1. The third-order valence-electron chi connectivity index (χ3n) is 2.97. The van der Waals surface area contributed by atoms with Crippen LogP contribution in [0.25, 0.3) is 0 Å². The highest BCUT2D eigenvalue weighted by atomic mass is 19.1. The molecule has 0 spiro atoms. The molecule has 0 N–H and O–H groups in total. The molecule has 1 aromatic carbocycles. The van der Waals surface area contributed by atoms with Crippen molar-refractivity contribution in [2.75, 3.05) is 19.7 Å². The van der Waals surface area contributed by atoms with Gasteiger partial charge in [-0.1, -0.05) is 12.1 Å². The molecule has 1 aliphatic heterocycles. The summed E-state index contributed by atoms with van der Waals surface area (Å²) in [5.41, 5.74) is -0.105. The first-order chi connectivity index (χ1) is 8.58. The highest BCUT2D eigenvalue weighted by molar-refractivity contribution is 5.36. The summed E-state index contributed by atoms with van der Waals surface area (Å²) in [6.45, 7) is 4.36. The van der Waals surface area contributed by atoms with Crippen molar-refractivity contribution in [3.05, 3.63) is 39.7 Å². The van der Waals surface area contributed by atoms with Crippen LogP contribution in [0.1, 0.15) is 12.5 Å². The zero-order valence-electron chi connectivity index (χ0n) is 10.1. The average molecular weight is 254 g/mol. The normalized spacial score (nSPS) is 20.9. The Morgan fingerprint density at radius 1 is 1.61 bits per heavy atom. The van der Waals surface area contributed by atoms with Gasteiger partial charge in [-0.15, -0.1) is 0 Å². The number of hydrogen-bond donors (Lipinski definition) is 0. The van der Waals surface area contributed by atoms with Gasteiger partial charge in [0.25, 0.3) is 0 Å². The molecule has 1 aliphatic rings. The molecule has 1 heterocycles. The largest absolute Gasteiger partial charge is 0.376 e. The van der Waals surface area contributed by atoms with Gasteiger partial charge in [0.2, 0.25) is 5.82 Å². The zero-order chi connectivity index (χ0) is 13.1. The maximum absolute atomic E-state index is 13.9. The molecular formula is C12H15FN2O3. The van der Waals surface area contributed by atoms with Crippen LogP contribution in [0.5, 0.6) is 0 Å². The van der Waals surface area contributed by atoms with Crippen LogP contribution < -0.4 is 0 Å². The molecule has 1 atom stereocenters. The maximum Gasteiger partial charge on any atom is 0.305 e. The Hall–Kier alpha value is -1.53. The minimum atomic E-state index is -0.735. The monoisotopic (exact) mass is 254 g/mol. The highest BCUT2D eigenvalue weighted by Crippen LogP contribution is 2.22. The van der Waals surface area contributed by atoms with Crippen molar-refractivity contribution in [3.63, 3.8) is 0 Å². The van der Waals surface area contributed by atoms with Gasteiger partial charge >= 0.3 is 5.69 Å². The predicted molar refractivity (Wildman–Crippen MR) is 63.7 cm³/mol. The lowest BCUT2D eigenvalue weighted by Crippen LogP contribution is -2.40. The Balaban J connectivity index is 2.14. The van der Waals surface area contributed by atoms with Gasteiger partial charge in [0.1, 0.15) is 0 Å². The molecule has 6 heteroatoms. The summed E-state index contributed by atoms with van der Waals surface area (Å²) in [6, 6.07) is 4.28. The Labute approximate surface area is 104 Å². The summed E-state index contributed by atoms with van der Waals surface area (Å²) >= 11 is 0. The number of nitrogens with zero attached hydrogens (tertiary/aromatic N) is 2. The van der Waals surface area contributed by atoms with E-state index in [-0.39, 0.29) is 6.10 Å². The van der Waals surface area contributed by atoms with E-state index < -0.39 is 16.4 Å². The molecule has 2 rings (SSSR count). The zero-order valence-corrected chi connectivity index (χ0v) is 10.1. The molecule has 98 valence electrons. The summed E-state index contributed by atoms with van der Waals surface area (Å²) in [5, 5.41) is 10.7. The van der Waals surface area contributed by atoms with Crippen LogP contribution in [0.2, 0.25) is 0 Å². The molecule has 0 aromatic heterocycles. The first-order valence-electron chi connectivity index (χ1n) is 5.83. The summed E-state index contributed by atoms with van der Waals surface area (Å²) in [4.78, 5) is 12.0. The van der Waals surface area contributed by atoms with Crippen molar-refractivity contribution in [2.45, 2.75) is 19.6 Å². The summed E-state index contributed by atoms with van der Waals surface area (Å²) in [5.74, 6) is -0.735. The van der Waals surface area contributed by atoms with Crippen LogP contribution in [0, 0.1) is 15.9 Å². The fraction of sp³-hybridized carbons (Fsp3) is 0.500. The van der Waals surface area contributed by atoms with Crippen LogP contribution in [-0.2, 0) is 11.3 Å². The topological polar surface area (TPSA) is 55.6 Å². The lowest BCUT2D eigenvalue weighted by Gasteiger charge is -2.31. The summed E-state index contributed by atoms with van der Waals surface area (Å²) in [6.07, 6.45) is 0.112. The first-order valence-corrected chi connectivity index (χ1v) is 5.83. The lowest BCUT2D eigenvalue weighted by molar-refractivity contribution is -0.387. The number of nitro groups is 1. The molecule has 1 saturated heterocycles. The molecule has 1 fully saturated rings. The van der Waals surface area contributed by atoms with Crippen LogP contribution in [0.3, 0.4) is 0 Å². The Morgan fingerprint density at radius 2 is 2.39 bits per heavy atom. The van der Waals surface area contributed by atoms with Crippen molar-refractivity contribution in [1.82, 2.24) is 4.90 Å². The smallest absolute Gasteiger partial charge is 0.305 e. The van der Waals surface area contributed by atoms with E-state index in [0.29, 0.717) is 31.8 Å². The van der Waals surface area contributed by atoms with E-state index in [4.69, 9.17) is 4.74 Å². The van der Waals surface area contributed by atoms with Crippen LogP contribution in [0.15, 0.2) is 18.2 Å². The molecule has 1 aromatic rings. The van der Waals surface area contributed by atoms with Gasteiger partial charge in [0.15, 0.2) is 0 Å². The first kappa shape index (κ1) is 12.9. The van der Waals surface area contributed by atoms with E-state index in [1.165, 1.54) is 12.1 Å². The van der Waals surface area contributed by atoms with Gasteiger partial charge in [-0.2, -0.15) is 4.39 Å². The van der Waals surface area contributed by atoms with Crippen molar-refractivity contribution in [3.8, 4) is 0 Å². The van der Waals surface area contributed by atoms with Gasteiger partial charge in [-0.05, 0) is 6.92 Å². The quantitative estimate of drug-likeness (QED) is 0.611. The lowest BCUT2D eigenvalue weighted by atomic mass is 10.1. The standard InChI is InChI=1S/C12H15FN2O3/c1-9-7-14(5-6-18-9)8-10-3-2-4-11(12(10)13)15(16)17/h2-4,9H,5-8H2,1H3. The second kappa shape index (κ2) is 5.41. The fourth-order valence-electron chi connectivity index (χ4n) is 2.10. The molecule has 18 heavy (non-hydrogen) atoms. The predicted octanol–water partition coefficient (Wildman–Crippen LogP) is 1.95. The van der Waals surface area contributed by atoms with Crippen molar-refractivity contribution < 1.29 is 14.1 Å². The van der Waals surface area contributed by atoms with Crippen LogP contribution in [-0.4, -0.2) is 35.6 Å². The van der Waals surface area contributed by atoms with E-state index >= 15 is 0 Å². The number of ether oxygens (including phenoxy) is 1. The minimum Gasteiger partial charge on any atom is -0.376 e. The number of halogens is 1. The van der Waals surface area contributed by atoms with E-state index in [9.17, 15) is 14.5 Å². The average Bonchev–Trinajstić information content (AvgIpc) is 2.31. The molecule has 5 nitrogen and oxygen atoms in total. The number of rotatable bonds is 3. The Bertz CT molecular complexity index is 453. The van der Waals surface area contributed by atoms with Crippen LogP contribution >= 0.6 is 0 Å². The fourth-order valence-corrected chi connectivity index (χ4v) is 2.10. The molecule has 0 bridgehead atoms. The van der Waals surface area contributed by atoms with Gasteiger partial charge in [-0.25, -0.2) is 0 Å². The third kappa shape index (κ3) is 2.83. The van der Waals surface area contributed by atoms with Crippen molar-refractivity contribution >= 4 is 5.69 Å². The number of hydrogen-bond acceptors (Lipinski definition) is 4. The van der Waals surface area contributed by atoms with Gasteiger partial charge in [0.05, 0.1) is 17.6 Å². The van der Waals surface area contributed by atoms with Gasteiger partial charge in [-0.3, -0.25) is 15.0 Å². The van der Waals surface area contributed by atoms with Crippen molar-refractivity contribution in [1.29, 1.82) is 0 Å². The van der Waals surface area contributed by atoms with Crippen LogP contribution in [0.4, 0.5) is 10.1 Å². The number of benzene rings is 1. The van der Waals surface area contributed by atoms with Gasteiger partial charge < -0.3 is 4.74 Å². The maximum atomic E-state index is 13.9. The molecule has 0 amide bonds. The van der Waals surface area contributed by atoms with E-state index in [1.807, 2.05) is 11.8 Å². The summed E-state index contributed by atoms with van der Waals surface area (Å²) in [7, 11) is 0. The molecular weight excluding hydrogens is 239 g/mol. The van der Waals surface area contributed by atoms with E-state index in [1.54, 1.807) is 6.07 Å². The Kier molecular flexibility index (Phi) is 3.88. The second-order valence-electron chi connectivity index (χ2n) is 4.42. The SMILES string of the molecule is CC1CN(Cc2cccc([N+](=O)[O-])c2F)CCO1. The van der Waals surface area contributed by atoms with E-state index in [0.717, 1.165) is 0 Å². The van der Waals surface area contributed by atoms with Crippen molar-refractivity contribution in [2.24, 2.45) is 0 Å². The van der Waals surface area contributed by atoms with Gasteiger partial charge in [0, 0.05) is 31.3 Å². The molecule has 0 radical (unpaired) electrons. The minimum absolute atomic E-state index is 0.112. The summed E-state index contributed by atoms with van der Waals surface area (Å²) < 4.78 is 19.3. The number of morpholine rings is 1. The van der Waals surface area contributed by atoms with E-state index in [2.05, 4.69) is 0 Å². The Morgan fingerprint density at radius 3 is 3.06 bits per heavy atom.